The van der Waals surface area contributed by atoms with E-state index in [-0.39, 0.29) is 29.6 Å². The number of fused-ring (bicyclic) bond motifs is 1. The number of benzene rings is 1. The van der Waals surface area contributed by atoms with Crippen LogP contribution < -0.4 is 10.2 Å². The van der Waals surface area contributed by atoms with Crippen LogP contribution in [0.25, 0.3) is 0 Å². The molecule has 1 aromatic heterocycles. The van der Waals surface area contributed by atoms with Crippen molar-refractivity contribution in [3.8, 4) is 0 Å². The van der Waals surface area contributed by atoms with Crippen LogP contribution in [0.15, 0.2) is 30.5 Å². The van der Waals surface area contributed by atoms with Gasteiger partial charge in [-0.1, -0.05) is 11.6 Å². The van der Waals surface area contributed by atoms with Crippen LogP contribution in [-0.4, -0.2) is 17.4 Å². The molecule has 2 aromatic rings. The maximum Gasteiger partial charge on any atom is 0.416 e. The number of amides is 1. The highest BCUT2D eigenvalue weighted by Crippen LogP contribution is 2.34. The second-order valence-corrected chi connectivity index (χ2v) is 5.92. The number of halogens is 4. The van der Waals surface area contributed by atoms with Crippen molar-refractivity contribution in [2.75, 3.05) is 16.8 Å². The smallest absolute Gasteiger partial charge is 0.359 e. The molecule has 0 radical (unpaired) electrons. The van der Waals surface area contributed by atoms with E-state index in [2.05, 4.69) is 10.3 Å². The summed E-state index contributed by atoms with van der Waals surface area (Å²) < 4.78 is 38.7. The second kappa shape index (κ2) is 5.98. The van der Waals surface area contributed by atoms with Gasteiger partial charge < -0.3 is 10.2 Å². The first-order valence-electron chi connectivity index (χ1n) is 7.12. The fourth-order valence-electron chi connectivity index (χ4n) is 2.50. The number of alkyl halides is 3. The summed E-state index contributed by atoms with van der Waals surface area (Å²) in [5.41, 5.74) is 0.798. The Morgan fingerprint density at radius 1 is 1.33 bits per heavy atom. The molecule has 4 nitrogen and oxygen atoms in total. The first kappa shape index (κ1) is 16.6. The predicted molar refractivity (Wildman–Crippen MR) is 85.1 cm³/mol. The molecule has 0 spiro atoms. The topological polar surface area (TPSA) is 45.2 Å². The van der Waals surface area contributed by atoms with Crippen LogP contribution in [0, 0.1) is 6.92 Å². The fourth-order valence-corrected chi connectivity index (χ4v) is 2.68. The van der Waals surface area contributed by atoms with E-state index < -0.39 is 11.7 Å². The summed E-state index contributed by atoms with van der Waals surface area (Å²) in [6.07, 6.45) is -2.82. The lowest BCUT2D eigenvalue weighted by atomic mass is 10.1. The lowest BCUT2D eigenvalue weighted by Gasteiger charge is -2.30. The number of hydrogen-bond donors (Lipinski definition) is 1. The van der Waals surface area contributed by atoms with Gasteiger partial charge in [-0.05, 0) is 42.3 Å². The Hall–Kier alpha value is -2.28. The molecular weight excluding hydrogens is 343 g/mol. The number of carbonyl (C=O) groups excluding carboxylic acids is 1. The van der Waals surface area contributed by atoms with Crippen molar-refractivity contribution in [3.05, 3.63) is 52.2 Å². The Morgan fingerprint density at radius 3 is 2.79 bits per heavy atom. The molecule has 1 N–H and O–H groups in total. The Balaban J connectivity index is 2.00. The molecule has 0 bridgehead atoms. The highest BCUT2D eigenvalue weighted by molar-refractivity contribution is 6.31. The van der Waals surface area contributed by atoms with Gasteiger partial charge in [-0.3, -0.25) is 4.79 Å². The van der Waals surface area contributed by atoms with Crippen LogP contribution >= 0.6 is 11.6 Å². The Morgan fingerprint density at radius 2 is 2.08 bits per heavy atom. The van der Waals surface area contributed by atoms with Gasteiger partial charge >= 0.3 is 6.18 Å². The number of nitrogens with one attached hydrogen (secondary N) is 1. The van der Waals surface area contributed by atoms with E-state index in [1.54, 1.807) is 12.3 Å². The Labute approximate surface area is 141 Å². The largest absolute Gasteiger partial charge is 0.416 e. The van der Waals surface area contributed by atoms with Crippen molar-refractivity contribution < 1.29 is 18.0 Å². The second-order valence-electron chi connectivity index (χ2n) is 5.52. The first-order chi connectivity index (χ1) is 11.3. The van der Waals surface area contributed by atoms with E-state index in [9.17, 15) is 18.0 Å². The van der Waals surface area contributed by atoms with Gasteiger partial charge in [0.1, 0.15) is 5.82 Å². The van der Waals surface area contributed by atoms with Crippen molar-refractivity contribution in [1.29, 1.82) is 0 Å². The van der Waals surface area contributed by atoms with Gasteiger partial charge in [0.2, 0.25) is 5.91 Å². The lowest BCUT2D eigenvalue weighted by Crippen LogP contribution is -2.39. The summed E-state index contributed by atoms with van der Waals surface area (Å²) in [6.45, 7) is 1.79. The van der Waals surface area contributed by atoms with Crippen molar-refractivity contribution >= 4 is 29.0 Å². The van der Waals surface area contributed by atoms with Crippen LogP contribution in [0.1, 0.15) is 16.7 Å². The van der Waals surface area contributed by atoms with Crippen molar-refractivity contribution in [1.82, 2.24) is 4.98 Å². The molecule has 1 amide bonds. The number of carbonyl (C=O) groups is 1. The number of rotatable bonds is 2. The van der Waals surface area contributed by atoms with E-state index in [1.807, 2.05) is 6.92 Å². The van der Waals surface area contributed by atoms with Crippen LogP contribution in [0.2, 0.25) is 5.02 Å². The SMILES string of the molecule is Cc1cnc2c(c1)N(Cc1cc(C(F)(F)F)ccc1Cl)C(=O)CN2. The molecule has 2 heterocycles. The van der Waals surface area contributed by atoms with Gasteiger partial charge in [0.05, 0.1) is 24.3 Å². The quantitative estimate of drug-likeness (QED) is 0.885. The summed E-state index contributed by atoms with van der Waals surface area (Å²) >= 11 is 6.04. The highest BCUT2D eigenvalue weighted by Gasteiger charge is 2.32. The third kappa shape index (κ3) is 3.17. The molecular formula is C16H13ClF3N3O. The average molecular weight is 356 g/mol. The highest BCUT2D eigenvalue weighted by atomic mass is 35.5. The summed E-state index contributed by atoms with van der Waals surface area (Å²) in [7, 11) is 0. The normalized spacial score (nSPS) is 14.4. The monoisotopic (exact) mass is 355 g/mol. The van der Waals surface area contributed by atoms with Crippen LogP contribution in [0.4, 0.5) is 24.7 Å². The van der Waals surface area contributed by atoms with Gasteiger partial charge in [0.15, 0.2) is 0 Å². The maximum atomic E-state index is 12.9. The molecule has 0 unspecified atom stereocenters. The maximum absolute atomic E-state index is 12.9. The number of anilines is 2. The molecule has 24 heavy (non-hydrogen) atoms. The van der Waals surface area contributed by atoms with Crippen LogP contribution in [0.5, 0.6) is 0 Å². The number of aryl methyl sites for hydroxylation is 1. The molecule has 1 aromatic carbocycles. The zero-order valence-corrected chi connectivity index (χ0v) is 13.4. The van der Waals surface area contributed by atoms with Crippen LogP contribution in [-0.2, 0) is 17.5 Å². The Kier molecular flexibility index (Phi) is 4.13. The molecule has 0 aliphatic carbocycles. The minimum Gasteiger partial charge on any atom is -0.359 e. The number of pyridine rings is 1. The summed E-state index contributed by atoms with van der Waals surface area (Å²) in [5, 5.41) is 3.07. The van der Waals surface area contributed by atoms with Crippen molar-refractivity contribution in [2.45, 2.75) is 19.6 Å². The van der Waals surface area contributed by atoms with Crippen molar-refractivity contribution in [3.63, 3.8) is 0 Å². The van der Waals surface area contributed by atoms with E-state index in [1.165, 1.54) is 11.0 Å². The summed E-state index contributed by atoms with van der Waals surface area (Å²) in [5.74, 6) is 0.256. The van der Waals surface area contributed by atoms with Crippen LogP contribution in [0.3, 0.4) is 0 Å². The van der Waals surface area contributed by atoms with Crippen molar-refractivity contribution in [2.24, 2.45) is 0 Å². The molecule has 0 fully saturated rings. The molecule has 0 atom stereocenters. The number of aromatic nitrogens is 1. The van der Waals surface area contributed by atoms with Gasteiger partial charge in [-0.2, -0.15) is 13.2 Å². The average Bonchev–Trinajstić information content (AvgIpc) is 2.51. The van der Waals surface area contributed by atoms with E-state index >= 15 is 0 Å². The zero-order valence-electron chi connectivity index (χ0n) is 12.6. The van der Waals surface area contributed by atoms with Gasteiger partial charge in [0.25, 0.3) is 0 Å². The Bertz CT molecular complexity index is 808. The minimum atomic E-state index is -4.47. The van der Waals surface area contributed by atoms with E-state index in [0.717, 1.165) is 17.7 Å². The van der Waals surface area contributed by atoms with Gasteiger partial charge in [0, 0.05) is 11.2 Å². The fraction of sp³-hybridized carbons (Fsp3) is 0.250. The zero-order chi connectivity index (χ0) is 17.5. The summed E-state index contributed by atoms with van der Waals surface area (Å²) in [6, 6.07) is 4.85. The molecule has 3 rings (SSSR count). The third-order valence-electron chi connectivity index (χ3n) is 3.70. The predicted octanol–water partition coefficient (Wildman–Crippen LogP) is 4.02. The van der Waals surface area contributed by atoms with Gasteiger partial charge in [-0.25, -0.2) is 4.98 Å². The molecule has 1 aliphatic rings. The molecule has 1 aliphatic heterocycles. The van der Waals surface area contributed by atoms with E-state index in [0.29, 0.717) is 11.5 Å². The standard InChI is InChI=1S/C16H13ClF3N3O/c1-9-4-13-15(21-6-9)22-7-14(24)23(13)8-10-5-11(16(18,19)20)2-3-12(10)17/h2-6H,7-8H2,1H3,(H,21,22). The number of hydrogen-bond acceptors (Lipinski definition) is 3. The minimum absolute atomic E-state index is 0.0274. The molecule has 0 saturated heterocycles. The number of nitrogens with zero attached hydrogens (tertiary/aromatic N) is 2. The first-order valence-corrected chi connectivity index (χ1v) is 7.50. The third-order valence-corrected chi connectivity index (χ3v) is 4.07. The molecule has 8 heteroatoms. The molecule has 126 valence electrons. The lowest BCUT2D eigenvalue weighted by molar-refractivity contribution is -0.137. The van der Waals surface area contributed by atoms with Gasteiger partial charge in [-0.15, -0.1) is 0 Å². The molecule has 0 saturated carbocycles. The van der Waals surface area contributed by atoms with E-state index in [4.69, 9.17) is 11.6 Å². The summed E-state index contributed by atoms with van der Waals surface area (Å²) in [4.78, 5) is 17.8.